The van der Waals surface area contributed by atoms with Gasteiger partial charge in [0.2, 0.25) is 5.95 Å². The molecule has 150 valence electrons. The fraction of sp³-hybridized carbons (Fsp3) is 0.455. The van der Waals surface area contributed by atoms with Crippen LogP contribution in [0.15, 0.2) is 36.4 Å². The summed E-state index contributed by atoms with van der Waals surface area (Å²) in [6.07, 6.45) is 4.16. The van der Waals surface area contributed by atoms with Crippen LogP contribution < -0.4 is 0 Å². The molecule has 0 radical (unpaired) electrons. The molecule has 3 rings (SSSR count). The highest BCUT2D eigenvalue weighted by Gasteiger charge is 2.35. The Labute approximate surface area is 165 Å². The third-order valence-corrected chi connectivity index (χ3v) is 5.78. The molecule has 1 aliphatic rings. The van der Waals surface area contributed by atoms with Crippen LogP contribution in [0, 0.1) is 24.7 Å². The molecule has 2 aromatic rings. The van der Waals surface area contributed by atoms with Gasteiger partial charge in [0.25, 0.3) is 5.91 Å². The lowest BCUT2D eigenvalue weighted by molar-refractivity contribution is -0.135. The van der Waals surface area contributed by atoms with E-state index in [0.717, 1.165) is 17.5 Å². The van der Waals surface area contributed by atoms with Crippen molar-refractivity contribution in [2.45, 2.75) is 39.7 Å². The molecular weight excluding hydrogens is 357 g/mol. The molecule has 0 fully saturated rings. The number of hydrogen-bond acceptors (Lipinski definition) is 3. The van der Waals surface area contributed by atoms with Gasteiger partial charge < -0.3 is 0 Å². The summed E-state index contributed by atoms with van der Waals surface area (Å²) in [5.74, 6) is -0.636. The van der Waals surface area contributed by atoms with E-state index in [4.69, 9.17) is 4.84 Å². The first-order valence-electron chi connectivity index (χ1n) is 9.68. The molecule has 1 aromatic carbocycles. The number of nitrogens with zero attached hydrogens (tertiary/aromatic N) is 3. The van der Waals surface area contributed by atoms with E-state index in [2.05, 4.69) is 30.2 Å². The second-order valence-electron chi connectivity index (χ2n) is 7.55. The first kappa shape index (κ1) is 20.3. The average molecular weight is 385 g/mol. The molecule has 1 aliphatic carbocycles. The minimum absolute atomic E-state index is 0.0276. The van der Waals surface area contributed by atoms with E-state index < -0.39 is 11.9 Å². The molecule has 0 saturated carbocycles. The topological polar surface area (TPSA) is 47.4 Å². The van der Waals surface area contributed by atoms with E-state index in [0.29, 0.717) is 5.69 Å². The summed E-state index contributed by atoms with van der Waals surface area (Å²) in [7, 11) is 2.94. The number of amides is 1. The lowest BCUT2D eigenvalue weighted by atomic mass is 9.76. The zero-order chi connectivity index (χ0) is 20.4. The van der Waals surface area contributed by atoms with Gasteiger partial charge in [-0.3, -0.25) is 9.63 Å². The minimum atomic E-state index is -0.639. The molecule has 1 amide bonds. The van der Waals surface area contributed by atoms with Gasteiger partial charge in [-0.15, -0.1) is 0 Å². The standard InChI is InChI=1S/C22H28FN3O2/c1-14-13-18(17-9-7-6-8-10-17)11-12-19(14)16(3)26(28-5)22(27)20-15(2)24-25(4)21(20)23/h6-10,13-14,16,19H,11-12H2,1-5H3. The van der Waals surface area contributed by atoms with Gasteiger partial charge in [0.05, 0.1) is 18.8 Å². The van der Waals surface area contributed by atoms with Crippen molar-refractivity contribution >= 4 is 11.5 Å². The first-order chi connectivity index (χ1) is 13.3. The largest absolute Gasteiger partial charge is 0.284 e. The molecule has 6 heteroatoms. The Hall–Kier alpha value is -2.47. The van der Waals surface area contributed by atoms with E-state index >= 15 is 0 Å². The molecule has 28 heavy (non-hydrogen) atoms. The van der Waals surface area contributed by atoms with Crippen molar-refractivity contribution < 1.29 is 14.0 Å². The molecular formula is C22H28FN3O2. The Morgan fingerprint density at radius 1 is 1.36 bits per heavy atom. The number of hydroxylamine groups is 2. The zero-order valence-corrected chi connectivity index (χ0v) is 17.1. The van der Waals surface area contributed by atoms with Crippen LogP contribution in [0.3, 0.4) is 0 Å². The Bertz CT molecular complexity index is 875. The summed E-state index contributed by atoms with van der Waals surface area (Å²) >= 11 is 0. The highest BCUT2D eigenvalue weighted by atomic mass is 19.1. The van der Waals surface area contributed by atoms with Crippen molar-refractivity contribution in [1.29, 1.82) is 0 Å². The van der Waals surface area contributed by atoms with Gasteiger partial charge in [0, 0.05) is 7.05 Å². The molecule has 1 aromatic heterocycles. The number of benzene rings is 1. The SMILES string of the molecule is CON(C(=O)c1c(C)nn(C)c1F)C(C)C1CCC(c2ccccc2)=CC1C. The molecule has 3 unspecified atom stereocenters. The number of carbonyl (C=O) groups excluding carboxylic acids is 1. The minimum Gasteiger partial charge on any atom is -0.274 e. The van der Waals surface area contributed by atoms with Crippen LogP contribution in [-0.4, -0.2) is 33.9 Å². The third kappa shape index (κ3) is 3.74. The quantitative estimate of drug-likeness (QED) is 0.717. The fourth-order valence-electron chi connectivity index (χ4n) is 4.27. The maximum absolute atomic E-state index is 14.4. The molecule has 0 N–H and O–H groups in total. The van der Waals surface area contributed by atoms with Gasteiger partial charge in [0.1, 0.15) is 5.56 Å². The Kier molecular flexibility index (Phi) is 5.98. The van der Waals surface area contributed by atoms with Gasteiger partial charge in [-0.2, -0.15) is 9.49 Å². The number of aromatic nitrogens is 2. The van der Waals surface area contributed by atoms with Crippen molar-refractivity contribution in [1.82, 2.24) is 14.8 Å². The highest BCUT2D eigenvalue weighted by molar-refractivity contribution is 5.94. The van der Waals surface area contributed by atoms with Crippen molar-refractivity contribution in [3.63, 3.8) is 0 Å². The van der Waals surface area contributed by atoms with Crippen LogP contribution in [0.5, 0.6) is 0 Å². The van der Waals surface area contributed by atoms with Crippen molar-refractivity contribution in [3.8, 4) is 0 Å². The van der Waals surface area contributed by atoms with Crippen LogP contribution in [0.4, 0.5) is 4.39 Å². The smallest absolute Gasteiger partial charge is 0.274 e. The maximum atomic E-state index is 14.4. The van der Waals surface area contributed by atoms with Crippen LogP contribution in [-0.2, 0) is 11.9 Å². The summed E-state index contributed by atoms with van der Waals surface area (Å²) in [6.45, 7) is 5.76. The van der Waals surface area contributed by atoms with E-state index in [1.165, 1.54) is 30.4 Å². The normalized spacial score (nSPS) is 20.6. The van der Waals surface area contributed by atoms with Crippen LogP contribution in [0.1, 0.15) is 48.3 Å². The molecule has 1 heterocycles. The Balaban J connectivity index is 1.81. The first-order valence-corrected chi connectivity index (χ1v) is 9.68. The fourth-order valence-corrected chi connectivity index (χ4v) is 4.27. The van der Waals surface area contributed by atoms with Crippen molar-refractivity contribution in [2.24, 2.45) is 18.9 Å². The van der Waals surface area contributed by atoms with Crippen molar-refractivity contribution in [2.75, 3.05) is 7.11 Å². The summed E-state index contributed by atoms with van der Waals surface area (Å²) in [5.41, 5.74) is 2.91. The van der Waals surface area contributed by atoms with Crippen LogP contribution in [0.25, 0.3) is 5.57 Å². The van der Waals surface area contributed by atoms with E-state index in [1.807, 2.05) is 25.1 Å². The predicted octanol–water partition coefficient (Wildman–Crippen LogP) is 4.39. The van der Waals surface area contributed by atoms with Crippen LogP contribution in [0.2, 0.25) is 0 Å². The number of allylic oxidation sites excluding steroid dienone is 2. The second-order valence-corrected chi connectivity index (χ2v) is 7.55. The van der Waals surface area contributed by atoms with Gasteiger partial charge >= 0.3 is 0 Å². The maximum Gasteiger partial charge on any atom is 0.284 e. The number of aryl methyl sites for hydroxylation is 2. The van der Waals surface area contributed by atoms with E-state index in [1.54, 1.807) is 6.92 Å². The molecule has 0 bridgehead atoms. The average Bonchev–Trinajstić information content (AvgIpc) is 2.94. The second kappa shape index (κ2) is 8.27. The predicted molar refractivity (Wildman–Crippen MR) is 107 cm³/mol. The Morgan fingerprint density at radius 3 is 2.57 bits per heavy atom. The van der Waals surface area contributed by atoms with E-state index in [9.17, 15) is 9.18 Å². The summed E-state index contributed by atoms with van der Waals surface area (Å²) < 4.78 is 15.5. The lowest BCUT2D eigenvalue weighted by Gasteiger charge is -2.37. The van der Waals surface area contributed by atoms with Crippen molar-refractivity contribution in [3.05, 3.63) is 59.2 Å². The van der Waals surface area contributed by atoms with Gasteiger partial charge in [-0.25, -0.2) is 9.75 Å². The monoisotopic (exact) mass is 385 g/mol. The molecule has 0 aliphatic heterocycles. The summed E-state index contributed by atoms with van der Waals surface area (Å²) in [6, 6.07) is 10.2. The molecule has 3 atom stereocenters. The Morgan fingerprint density at radius 2 is 2.04 bits per heavy atom. The summed E-state index contributed by atoms with van der Waals surface area (Å²) in [5, 5.41) is 5.31. The van der Waals surface area contributed by atoms with Crippen LogP contribution >= 0.6 is 0 Å². The van der Waals surface area contributed by atoms with Gasteiger partial charge in [0.15, 0.2) is 0 Å². The third-order valence-electron chi connectivity index (χ3n) is 5.78. The van der Waals surface area contributed by atoms with Gasteiger partial charge in [-0.05, 0) is 49.7 Å². The number of halogens is 1. The molecule has 5 nitrogen and oxygen atoms in total. The molecule has 0 spiro atoms. The zero-order valence-electron chi connectivity index (χ0n) is 17.1. The number of rotatable bonds is 5. The number of carbonyl (C=O) groups is 1. The van der Waals surface area contributed by atoms with Gasteiger partial charge in [-0.1, -0.05) is 43.3 Å². The highest BCUT2D eigenvalue weighted by Crippen LogP contribution is 2.37. The number of hydrogen-bond donors (Lipinski definition) is 0. The van der Waals surface area contributed by atoms with E-state index in [-0.39, 0.29) is 23.4 Å². The lowest BCUT2D eigenvalue weighted by Crippen LogP contribution is -2.44. The summed E-state index contributed by atoms with van der Waals surface area (Å²) in [4.78, 5) is 18.4. The molecule has 0 saturated heterocycles.